The van der Waals surface area contributed by atoms with Crippen LogP contribution in [0.1, 0.15) is 18.7 Å². The van der Waals surface area contributed by atoms with Crippen LogP contribution >= 0.6 is 0 Å². The molecule has 1 unspecified atom stereocenters. The van der Waals surface area contributed by atoms with E-state index in [1.165, 1.54) is 12.1 Å². The topological polar surface area (TPSA) is 124 Å². The van der Waals surface area contributed by atoms with E-state index in [4.69, 9.17) is 23.9 Å². The Hall–Kier alpha value is -3.45. The molecule has 0 aliphatic carbocycles. The number of carbonyl (C=O) groups is 1. The van der Waals surface area contributed by atoms with Gasteiger partial charge in [0, 0.05) is 31.5 Å². The Morgan fingerprint density at radius 1 is 1.15 bits per heavy atom. The van der Waals surface area contributed by atoms with Crippen LogP contribution in [0, 0.1) is 11.7 Å². The highest BCUT2D eigenvalue weighted by atomic mass is 19.1. The highest BCUT2D eigenvalue weighted by Gasteiger charge is 2.29. The van der Waals surface area contributed by atoms with Gasteiger partial charge in [-0.05, 0) is 57.3 Å². The van der Waals surface area contributed by atoms with Crippen molar-refractivity contribution in [2.24, 2.45) is 5.92 Å². The minimum absolute atomic E-state index is 0.0844. The number of aromatic amines is 1. The second kappa shape index (κ2) is 13.3. The molecule has 11 nitrogen and oxygen atoms in total. The summed E-state index contributed by atoms with van der Waals surface area (Å²) in [5.74, 6) is -0.209. The molecule has 0 radical (unpaired) electrons. The molecule has 40 heavy (non-hydrogen) atoms. The molecule has 3 aromatic rings. The number of benzene rings is 1. The summed E-state index contributed by atoms with van der Waals surface area (Å²) in [5.41, 5.74) is 2.56. The number of carbonyl (C=O) groups excluding carboxylic acids is 1. The molecule has 1 amide bonds. The number of hydrogen-bond acceptors (Lipinski definition) is 9. The van der Waals surface area contributed by atoms with E-state index in [9.17, 15) is 9.18 Å². The molecule has 0 spiro atoms. The Balaban J connectivity index is 1.26. The number of imidazole rings is 1. The first kappa shape index (κ1) is 28.1. The number of nitrogens with zero attached hydrogens (tertiary/aromatic N) is 4. The lowest BCUT2D eigenvalue weighted by Gasteiger charge is -2.28. The van der Waals surface area contributed by atoms with Gasteiger partial charge in [0.05, 0.1) is 48.7 Å². The van der Waals surface area contributed by atoms with Crippen LogP contribution in [-0.2, 0) is 25.4 Å². The van der Waals surface area contributed by atoms with Gasteiger partial charge in [-0.1, -0.05) is 0 Å². The summed E-state index contributed by atoms with van der Waals surface area (Å²) >= 11 is 0. The summed E-state index contributed by atoms with van der Waals surface area (Å²) in [4.78, 5) is 31.4. The first-order chi connectivity index (χ1) is 19.4. The van der Waals surface area contributed by atoms with Crippen LogP contribution in [0.3, 0.4) is 0 Å². The molecule has 12 heteroatoms. The Morgan fingerprint density at radius 2 is 1.95 bits per heavy atom. The van der Waals surface area contributed by atoms with Crippen molar-refractivity contribution in [3.63, 3.8) is 0 Å². The molecule has 0 bridgehead atoms. The smallest absolute Gasteiger partial charge is 0.316 e. The summed E-state index contributed by atoms with van der Waals surface area (Å²) in [6.45, 7) is 2.92. The van der Waals surface area contributed by atoms with Crippen LogP contribution in [0.2, 0.25) is 0 Å². The first-order valence-corrected chi connectivity index (χ1v) is 13.5. The highest BCUT2D eigenvalue weighted by Crippen LogP contribution is 2.30. The average molecular weight is 555 g/mol. The van der Waals surface area contributed by atoms with Gasteiger partial charge >= 0.3 is 6.01 Å². The van der Waals surface area contributed by atoms with E-state index in [1.54, 1.807) is 24.4 Å². The third-order valence-electron chi connectivity index (χ3n) is 6.76. The maximum absolute atomic E-state index is 13.6. The normalized spacial score (nSPS) is 21.1. The van der Waals surface area contributed by atoms with Crippen LogP contribution in [-0.4, -0.2) is 96.7 Å². The molecule has 2 fully saturated rings. The largest absolute Gasteiger partial charge is 0.462 e. The lowest BCUT2D eigenvalue weighted by atomic mass is 10.1. The third-order valence-corrected chi connectivity index (χ3v) is 6.76. The van der Waals surface area contributed by atoms with Gasteiger partial charge in [-0.2, -0.15) is 4.98 Å². The van der Waals surface area contributed by atoms with Gasteiger partial charge in [0.15, 0.2) is 6.29 Å². The fraction of sp³-hybridized carbons (Fsp3) is 0.500. The van der Waals surface area contributed by atoms with E-state index >= 15 is 0 Å². The molecule has 1 atom stereocenters. The molecule has 2 aromatic heterocycles. The van der Waals surface area contributed by atoms with Gasteiger partial charge in [0.2, 0.25) is 5.91 Å². The standard InChI is InChI=1S/C28H35FN6O5/c1-35(2)11-13-38-28-30-10-9-22(32-28)26-25(18-5-7-20(29)8-6-18)33-23(34-26)14-24-39-16-19(17-40-24)27(36)31-15-21-4-3-12-37-21/h5-10,19,21,24H,3-4,11-17H2,1-2H3,(H,31,36)(H,33,34). The zero-order valence-corrected chi connectivity index (χ0v) is 22.8. The predicted octanol–water partition coefficient (Wildman–Crippen LogP) is 2.44. The number of halogens is 1. The van der Waals surface area contributed by atoms with Gasteiger partial charge in [0.25, 0.3) is 0 Å². The van der Waals surface area contributed by atoms with E-state index in [0.717, 1.165) is 31.6 Å². The fourth-order valence-electron chi connectivity index (χ4n) is 4.52. The molecule has 1 aromatic carbocycles. The molecular weight excluding hydrogens is 519 g/mol. The van der Waals surface area contributed by atoms with Gasteiger partial charge < -0.3 is 34.1 Å². The first-order valence-electron chi connectivity index (χ1n) is 13.5. The van der Waals surface area contributed by atoms with Crippen molar-refractivity contribution >= 4 is 5.91 Å². The lowest BCUT2D eigenvalue weighted by Crippen LogP contribution is -2.44. The van der Waals surface area contributed by atoms with Crippen LogP contribution in [0.15, 0.2) is 36.5 Å². The second-order valence-corrected chi connectivity index (χ2v) is 10.2. The van der Waals surface area contributed by atoms with Gasteiger partial charge in [0.1, 0.15) is 18.2 Å². The minimum Gasteiger partial charge on any atom is -0.462 e. The van der Waals surface area contributed by atoms with Gasteiger partial charge in [-0.25, -0.2) is 14.4 Å². The number of hydrogen-bond donors (Lipinski definition) is 2. The zero-order chi connectivity index (χ0) is 27.9. The fourth-order valence-corrected chi connectivity index (χ4v) is 4.52. The van der Waals surface area contributed by atoms with Crippen LogP contribution in [0.4, 0.5) is 4.39 Å². The molecule has 2 aliphatic heterocycles. The third kappa shape index (κ3) is 7.39. The minimum atomic E-state index is -0.572. The Labute approximate surface area is 232 Å². The quantitative estimate of drug-likeness (QED) is 0.368. The van der Waals surface area contributed by atoms with Crippen molar-refractivity contribution in [2.45, 2.75) is 31.7 Å². The molecule has 5 rings (SSSR count). The number of H-pyrrole nitrogens is 1. The molecule has 2 aliphatic rings. The van der Waals surface area contributed by atoms with Gasteiger partial charge in [-0.15, -0.1) is 0 Å². The Kier molecular flexibility index (Phi) is 9.32. The van der Waals surface area contributed by atoms with Crippen LogP contribution < -0.4 is 10.1 Å². The Bertz CT molecular complexity index is 1260. The monoisotopic (exact) mass is 554 g/mol. The summed E-state index contributed by atoms with van der Waals surface area (Å²) in [7, 11) is 3.92. The summed E-state index contributed by atoms with van der Waals surface area (Å²) in [5, 5.41) is 2.94. The maximum atomic E-state index is 13.6. The van der Waals surface area contributed by atoms with E-state index < -0.39 is 6.29 Å². The van der Waals surface area contributed by atoms with Crippen molar-refractivity contribution in [1.29, 1.82) is 0 Å². The van der Waals surface area contributed by atoms with Gasteiger partial charge in [-0.3, -0.25) is 4.79 Å². The summed E-state index contributed by atoms with van der Waals surface area (Å²) in [6.07, 6.45) is 3.46. The highest BCUT2D eigenvalue weighted by molar-refractivity contribution is 5.79. The molecule has 2 saturated heterocycles. The molecule has 0 saturated carbocycles. The Morgan fingerprint density at radius 3 is 2.67 bits per heavy atom. The van der Waals surface area contributed by atoms with Crippen molar-refractivity contribution in [3.05, 3.63) is 48.2 Å². The molecular formula is C28H35FN6O5. The zero-order valence-electron chi connectivity index (χ0n) is 22.8. The van der Waals surface area contributed by atoms with Crippen molar-refractivity contribution in [2.75, 3.05) is 53.6 Å². The maximum Gasteiger partial charge on any atom is 0.316 e. The van der Waals surface area contributed by atoms with Crippen molar-refractivity contribution in [1.82, 2.24) is 30.2 Å². The number of nitrogens with one attached hydrogen (secondary N) is 2. The van der Waals surface area contributed by atoms with E-state index in [0.29, 0.717) is 42.5 Å². The number of likely N-dealkylation sites (N-methyl/N-ethyl adjacent to an activating group) is 1. The average Bonchev–Trinajstić information content (AvgIpc) is 3.63. The van der Waals surface area contributed by atoms with Crippen LogP contribution in [0.5, 0.6) is 6.01 Å². The van der Waals surface area contributed by atoms with E-state index in [2.05, 4.69) is 20.3 Å². The van der Waals surface area contributed by atoms with Crippen molar-refractivity contribution in [3.8, 4) is 28.7 Å². The number of aromatic nitrogens is 4. The second-order valence-electron chi connectivity index (χ2n) is 10.2. The number of ether oxygens (including phenoxy) is 4. The molecule has 4 heterocycles. The van der Waals surface area contributed by atoms with Crippen molar-refractivity contribution < 1.29 is 28.1 Å². The van der Waals surface area contributed by atoms with E-state index in [1.807, 2.05) is 19.0 Å². The van der Waals surface area contributed by atoms with E-state index in [-0.39, 0.29) is 43.0 Å². The summed E-state index contributed by atoms with van der Waals surface area (Å²) in [6, 6.07) is 8.13. The van der Waals surface area contributed by atoms with Crippen LogP contribution in [0.25, 0.3) is 22.6 Å². The lowest BCUT2D eigenvalue weighted by molar-refractivity contribution is -0.201. The summed E-state index contributed by atoms with van der Waals surface area (Å²) < 4.78 is 36.7. The number of amides is 1. The molecule has 214 valence electrons. The SMILES string of the molecule is CN(C)CCOc1nccc(-c2[nH]c(CC3OCC(C(=O)NCC4CCCO4)CO3)nc2-c2ccc(F)cc2)n1. The predicted molar refractivity (Wildman–Crippen MR) is 144 cm³/mol. The molecule has 2 N–H and O–H groups in total. The number of rotatable bonds is 11.